The van der Waals surface area contributed by atoms with Gasteiger partial charge in [0.2, 0.25) is 0 Å². The lowest BCUT2D eigenvalue weighted by atomic mass is 10.2. The third-order valence-electron chi connectivity index (χ3n) is 2.94. The Morgan fingerprint density at radius 2 is 1.95 bits per heavy atom. The van der Waals surface area contributed by atoms with Crippen molar-refractivity contribution >= 4 is 17.3 Å². The first-order valence-corrected chi connectivity index (χ1v) is 6.71. The van der Waals surface area contributed by atoms with Crippen molar-refractivity contribution in [3.8, 4) is 0 Å². The van der Waals surface area contributed by atoms with Gasteiger partial charge >= 0.3 is 0 Å². The van der Waals surface area contributed by atoms with Gasteiger partial charge in [-0.25, -0.2) is 14.4 Å². The van der Waals surface area contributed by atoms with Crippen molar-refractivity contribution in [1.29, 1.82) is 0 Å². The minimum absolute atomic E-state index is 0.279. The van der Waals surface area contributed by atoms with Crippen molar-refractivity contribution < 1.29 is 4.39 Å². The number of hydrogen-bond acceptors (Lipinski definition) is 4. The molecule has 0 aliphatic carbocycles. The molecule has 5 heteroatoms. The molecule has 1 heterocycles. The second kappa shape index (κ2) is 6.32. The monoisotopic (exact) mass is 274 g/mol. The number of nitrogens with one attached hydrogen (secondary N) is 2. The minimum atomic E-state index is -0.279. The van der Waals surface area contributed by atoms with E-state index in [1.807, 2.05) is 13.0 Å². The second-order valence-electron chi connectivity index (χ2n) is 4.77. The molecule has 0 aliphatic heterocycles. The fourth-order valence-corrected chi connectivity index (χ4v) is 1.77. The number of hydrogen-bond donors (Lipinski definition) is 2. The summed E-state index contributed by atoms with van der Waals surface area (Å²) in [5, 5.41) is 6.39. The van der Waals surface area contributed by atoms with Crippen molar-refractivity contribution in [2.75, 3.05) is 10.6 Å². The summed E-state index contributed by atoms with van der Waals surface area (Å²) in [4.78, 5) is 8.65. The summed E-state index contributed by atoms with van der Waals surface area (Å²) in [6.07, 6.45) is 1.01. The van der Waals surface area contributed by atoms with Crippen LogP contribution in [0.1, 0.15) is 26.1 Å². The number of halogens is 1. The average Bonchev–Trinajstić information content (AvgIpc) is 2.37. The zero-order valence-corrected chi connectivity index (χ0v) is 11.9. The van der Waals surface area contributed by atoms with E-state index in [-0.39, 0.29) is 5.82 Å². The molecule has 2 rings (SSSR count). The highest BCUT2D eigenvalue weighted by molar-refractivity contribution is 5.59. The van der Waals surface area contributed by atoms with Gasteiger partial charge in [-0.1, -0.05) is 13.0 Å². The lowest BCUT2D eigenvalue weighted by Gasteiger charge is -2.14. The normalized spacial score (nSPS) is 12.0. The highest BCUT2D eigenvalue weighted by Gasteiger charge is 2.05. The molecule has 0 saturated heterocycles. The molecule has 1 unspecified atom stereocenters. The molecule has 106 valence electrons. The number of rotatable bonds is 5. The molecule has 0 spiro atoms. The van der Waals surface area contributed by atoms with E-state index in [1.165, 1.54) is 12.1 Å². The molecule has 1 aromatic heterocycles. The summed E-state index contributed by atoms with van der Waals surface area (Å²) >= 11 is 0. The predicted molar refractivity (Wildman–Crippen MR) is 79.8 cm³/mol. The van der Waals surface area contributed by atoms with Gasteiger partial charge in [0.1, 0.15) is 23.3 Å². The molecule has 1 atom stereocenters. The first-order chi connectivity index (χ1) is 9.56. The Bertz CT molecular complexity index is 586. The Morgan fingerprint density at radius 3 is 2.65 bits per heavy atom. The summed E-state index contributed by atoms with van der Waals surface area (Å²) in [5.74, 6) is 1.80. The van der Waals surface area contributed by atoms with Gasteiger partial charge in [-0.3, -0.25) is 0 Å². The van der Waals surface area contributed by atoms with Gasteiger partial charge in [-0.15, -0.1) is 0 Å². The van der Waals surface area contributed by atoms with Crippen LogP contribution in [0.25, 0.3) is 0 Å². The largest absolute Gasteiger partial charge is 0.367 e. The molecular weight excluding hydrogens is 255 g/mol. The van der Waals surface area contributed by atoms with Crippen LogP contribution in [0.5, 0.6) is 0 Å². The maximum absolute atomic E-state index is 13.2. The molecule has 1 aromatic carbocycles. The van der Waals surface area contributed by atoms with E-state index in [0.717, 1.165) is 12.2 Å². The van der Waals surface area contributed by atoms with Crippen LogP contribution < -0.4 is 10.6 Å². The van der Waals surface area contributed by atoms with Gasteiger partial charge in [0, 0.05) is 17.8 Å². The van der Waals surface area contributed by atoms with E-state index in [2.05, 4.69) is 34.4 Å². The number of aromatic nitrogens is 2. The van der Waals surface area contributed by atoms with E-state index < -0.39 is 0 Å². The first-order valence-electron chi connectivity index (χ1n) is 6.71. The van der Waals surface area contributed by atoms with Crippen LogP contribution in [0.2, 0.25) is 0 Å². The quantitative estimate of drug-likeness (QED) is 0.868. The molecule has 0 saturated carbocycles. The molecule has 4 nitrogen and oxygen atoms in total. The molecule has 20 heavy (non-hydrogen) atoms. The standard InChI is InChI=1S/C15H19FN4/c1-4-10(2)17-14-9-15(19-11(3)18-14)20-13-7-5-6-12(16)8-13/h5-10H,4H2,1-3H3,(H2,17,18,19,20). The number of aryl methyl sites for hydroxylation is 1. The molecule has 0 aliphatic rings. The topological polar surface area (TPSA) is 49.8 Å². The summed E-state index contributed by atoms with van der Waals surface area (Å²) in [7, 11) is 0. The van der Waals surface area contributed by atoms with E-state index in [0.29, 0.717) is 23.4 Å². The van der Waals surface area contributed by atoms with Crippen molar-refractivity contribution in [2.24, 2.45) is 0 Å². The SMILES string of the molecule is CCC(C)Nc1cc(Nc2cccc(F)c2)nc(C)n1. The van der Waals surface area contributed by atoms with Gasteiger partial charge in [0.05, 0.1) is 0 Å². The number of anilines is 3. The van der Waals surface area contributed by atoms with Crippen LogP contribution in [0.15, 0.2) is 30.3 Å². The van der Waals surface area contributed by atoms with Gasteiger partial charge < -0.3 is 10.6 Å². The first kappa shape index (κ1) is 14.2. The molecule has 0 bridgehead atoms. The molecule has 2 aromatic rings. The highest BCUT2D eigenvalue weighted by atomic mass is 19.1. The summed E-state index contributed by atoms with van der Waals surface area (Å²) < 4.78 is 13.2. The van der Waals surface area contributed by atoms with Gasteiger partial charge in [-0.05, 0) is 38.5 Å². The molecule has 0 fully saturated rings. The fraction of sp³-hybridized carbons (Fsp3) is 0.333. The summed E-state index contributed by atoms with van der Waals surface area (Å²) in [6.45, 7) is 6.04. The highest BCUT2D eigenvalue weighted by Crippen LogP contribution is 2.18. The third kappa shape index (κ3) is 3.91. The zero-order valence-electron chi connectivity index (χ0n) is 11.9. The van der Waals surface area contributed by atoms with E-state index >= 15 is 0 Å². The second-order valence-corrected chi connectivity index (χ2v) is 4.77. The van der Waals surface area contributed by atoms with Crippen LogP contribution in [0, 0.1) is 12.7 Å². The Kier molecular flexibility index (Phi) is 4.50. The minimum Gasteiger partial charge on any atom is -0.367 e. The maximum atomic E-state index is 13.2. The van der Waals surface area contributed by atoms with E-state index in [1.54, 1.807) is 12.1 Å². The predicted octanol–water partition coefficient (Wildman–Crippen LogP) is 3.88. The van der Waals surface area contributed by atoms with Crippen LogP contribution in [-0.4, -0.2) is 16.0 Å². The maximum Gasteiger partial charge on any atom is 0.136 e. The summed E-state index contributed by atoms with van der Waals surface area (Å²) in [5.41, 5.74) is 0.664. The van der Waals surface area contributed by atoms with Crippen LogP contribution >= 0.6 is 0 Å². The van der Waals surface area contributed by atoms with Crippen molar-refractivity contribution in [1.82, 2.24) is 9.97 Å². The molecule has 0 amide bonds. The van der Waals surface area contributed by atoms with Gasteiger partial charge in [0.15, 0.2) is 0 Å². The van der Waals surface area contributed by atoms with E-state index in [4.69, 9.17) is 0 Å². The Morgan fingerprint density at radius 1 is 1.20 bits per heavy atom. The Labute approximate surface area is 118 Å². The molecule has 0 radical (unpaired) electrons. The van der Waals surface area contributed by atoms with Crippen LogP contribution in [0.4, 0.5) is 21.7 Å². The lowest BCUT2D eigenvalue weighted by Crippen LogP contribution is -2.15. The molecule has 2 N–H and O–H groups in total. The van der Waals surface area contributed by atoms with Gasteiger partial charge in [-0.2, -0.15) is 0 Å². The fourth-order valence-electron chi connectivity index (χ4n) is 1.77. The van der Waals surface area contributed by atoms with Crippen LogP contribution in [0.3, 0.4) is 0 Å². The Balaban J connectivity index is 2.19. The average molecular weight is 274 g/mol. The lowest BCUT2D eigenvalue weighted by molar-refractivity contribution is 0.628. The number of nitrogens with zero attached hydrogens (tertiary/aromatic N) is 2. The van der Waals surface area contributed by atoms with Gasteiger partial charge in [0.25, 0.3) is 0 Å². The molecular formula is C15H19FN4. The van der Waals surface area contributed by atoms with Crippen molar-refractivity contribution in [3.63, 3.8) is 0 Å². The Hall–Kier alpha value is -2.17. The van der Waals surface area contributed by atoms with Crippen molar-refractivity contribution in [3.05, 3.63) is 42.0 Å². The third-order valence-corrected chi connectivity index (χ3v) is 2.94. The number of benzene rings is 1. The summed E-state index contributed by atoms with van der Waals surface area (Å²) in [6, 6.07) is 8.45. The van der Waals surface area contributed by atoms with Crippen molar-refractivity contribution in [2.45, 2.75) is 33.2 Å². The van der Waals surface area contributed by atoms with E-state index in [9.17, 15) is 4.39 Å². The zero-order chi connectivity index (χ0) is 14.5. The van der Waals surface area contributed by atoms with Crippen LogP contribution in [-0.2, 0) is 0 Å². The smallest absolute Gasteiger partial charge is 0.136 e.